The zero-order valence-corrected chi connectivity index (χ0v) is 17.4. The van der Waals surface area contributed by atoms with E-state index >= 15 is 0 Å². The molecule has 2 aromatic heterocycles. The van der Waals surface area contributed by atoms with E-state index in [0.29, 0.717) is 24.3 Å². The van der Waals surface area contributed by atoms with Gasteiger partial charge in [-0.15, -0.1) is 0 Å². The molecule has 3 aromatic rings. The Balaban J connectivity index is 1.66. The highest BCUT2D eigenvalue weighted by Crippen LogP contribution is 2.21. The third-order valence-electron chi connectivity index (χ3n) is 5.60. The van der Waals surface area contributed by atoms with E-state index in [1.807, 2.05) is 0 Å². The minimum Gasteiger partial charge on any atom is -0.339 e. The molecule has 0 aliphatic carbocycles. The summed E-state index contributed by atoms with van der Waals surface area (Å²) in [6.07, 6.45) is 4.37. The molecule has 2 amide bonds. The van der Waals surface area contributed by atoms with E-state index in [4.69, 9.17) is 0 Å². The molecule has 160 valence electrons. The van der Waals surface area contributed by atoms with Crippen molar-refractivity contribution in [3.05, 3.63) is 68.5 Å². The standard InChI is InChI=1S/C22H23N5O4/c1-25-18-16(20(29)26(2)22(25)31)12-14(13-23-18)19(28)24-17-9-5-4-8-15(17)21(30)27-10-6-3-7-11-27/h4-5,8-9,12-13H,3,6-7,10-11H2,1-2H3,(H,24,28). The Kier molecular flexibility index (Phi) is 5.41. The second-order valence-corrected chi connectivity index (χ2v) is 7.65. The maximum Gasteiger partial charge on any atom is 0.332 e. The van der Waals surface area contributed by atoms with E-state index in [1.165, 1.54) is 30.9 Å². The van der Waals surface area contributed by atoms with Gasteiger partial charge in [0.1, 0.15) is 5.65 Å². The van der Waals surface area contributed by atoms with E-state index in [2.05, 4.69) is 10.3 Å². The number of anilines is 1. The number of fused-ring (bicyclic) bond motifs is 1. The first-order valence-electron chi connectivity index (χ1n) is 10.1. The van der Waals surface area contributed by atoms with Crippen molar-refractivity contribution in [1.29, 1.82) is 0 Å². The van der Waals surface area contributed by atoms with Crippen molar-refractivity contribution in [2.45, 2.75) is 19.3 Å². The minimum atomic E-state index is -0.527. The number of aromatic nitrogens is 3. The quantitative estimate of drug-likeness (QED) is 0.690. The van der Waals surface area contributed by atoms with E-state index < -0.39 is 17.2 Å². The predicted molar refractivity (Wildman–Crippen MR) is 116 cm³/mol. The Morgan fingerprint density at radius 1 is 1.00 bits per heavy atom. The molecule has 1 saturated heterocycles. The maximum atomic E-state index is 13.0. The highest BCUT2D eigenvalue weighted by atomic mass is 16.2. The Morgan fingerprint density at radius 3 is 2.45 bits per heavy atom. The van der Waals surface area contributed by atoms with E-state index in [-0.39, 0.29) is 22.5 Å². The number of pyridine rings is 1. The topological polar surface area (TPSA) is 106 Å². The summed E-state index contributed by atoms with van der Waals surface area (Å²) in [5, 5.41) is 2.93. The number of carbonyl (C=O) groups is 2. The number of aryl methyl sites for hydroxylation is 1. The van der Waals surface area contributed by atoms with E-state index in [1.54, 1.807) is 29.2 Å². The molecule has 1 aliphatic rings. The van der Waals surface area contributed by atoms with Crippen molar-refractivity contribution in [3.63, 3.8) is 0 Å². The summed E-state index contributed by atoms with van der Waals surface area (Å²) in [6.45, 7) is 1.41. The van der Waals surface area contributed by atoms with Crippen LogP contribution in [-0.4, -0.2) is 43.9 Å². The number of hydrogen-bond acceptors (Lipinski definition) is 5. The highest BCUT2D eigenvalue weighted by molar-refractivity contribution is 6.09. The van der Waals surface area contributed by atoms with Gasteiger partial charge in [0.05, 0.1) is 22.2 Å². The highest BCUT2D eigenvalue weighted by Gasteiger charge is 2.22. The third-order valence-corrected chi connectivity index (χ3v) is 5.60. The molecule has 0 unspecified atom stereocenters. The number of hydrogen-bond donors (Lipinski definition) is 1. The fourth-order valence-corrected chi connectivity index (χ4v) is 3.83. The van der Waals surface area contributed by atoms with Crippen LogP contribution in [0.1, 0.15) is 40.0 Å². The first kappa shape index (κ1) is 20.5. The van der Waals surface area contributed by atoms with Gasteiger partial charge in [-0.1, -0.05) is 12.1 Å². The second kappa shape index (κ2) is 8.17. The van der Waals surface area contributed by atoms with Crippen molar-refractivity contribution < 1.29 is 9.59 Å². The number of rotatable bonds is 3. The van der Waals surface area contributed by atoms with Gasteiger partial charge in [0.2, 0.25) is 0 Å². The molecule has 1 aliphatic heterocycles. The molecule has 0 saturated carbocycles. The number of nitrogens with zero attached hydrogens (tertiary/aromatic N) is 4. The lowest BCUT2D eigenvalue weighted by Gasteiger charge is -2.27. The van der Waals surface area contributed by atoms with Crippen LogP contribution in [0.2, 0.25) is 0 Å². The summed E-state index contributed by atoms with van der Waals surface area (Å²) < 4.78 is 2.23. The zero-order chi connectivity index (χ0) is 22.1. The van der Waals surface area contributed by atoms with Gasteiger partial charge in [-0.25, -0.2) is 9.78 Å². The number of piperidine rings is 1. The second-order valence-electron chi connectivity index (χ2n) is 7.65. The smallest absolute Gasteiger partial charge is 0.332 e. The normalized spacial score (nSPS) is 13.9. The van der Waals surface area contributed by atoms with Crippen LogP contribution in [0.25, 0.3) is 11.0 Å². The molecule has 0 atom stereocenters. The molecule has 0 radical (unpaired) electrons. The van der Waals surface area contributed by atoms with Crippen LogP contribution < -0.4 is 16.6 Å². The Hall–Kier alpha value is -3.75. The predicted octanol–water partition coefficient (Wildman–Crippen LogP) is 1.51. The van der Waals surface area contributed by atoms with Crippen molar-refractivity contribution in [1.82, 2.24) is 19.0 Å². The number of para-hydroxylation sites is 1. The average molecular weight is 421 g/mol. The van der Waals surface area contributed by atoms with E-state index in [9.17, 15) is 19.2 Å². The summed E-state index contributed by atoms with van der Waals surface area (Å²) in [4.78, 5) is 56.4. The average Bonchev–Trinajstić information content (AvgIpc) is 2.81. The fourth-order valence-electron chi connectivity index (χ4n) is 3.83. The fraction of sp³-hybridized carbons (Fsp3) is 0.318. The van der Waals surface area contributed by atoms with Gasteiger partial charge in [0.25, 0.3) is 17.4 Å². The van der Waals surface area contributed by atoms with Crippen LogP contribution in [0, 0.1) is 0 Å². The lowest BCUT2D eigenvalue weighted by atomic mass is 10.1. The molecule has 0 bridgehead atoms. The first-order valence-corrected chi connectivity index (χ1v) is 10.1. The summed E-state index contributed by atoms with van der Waals surface area (Å²) >= 11 is 0. The summed E-state index contributed by atoms with van der Waals surface area (Å²) in [5.41, 5.74) is 0.156. The van der Waals surface area contributed by atoms with Crippen LogP contribution in [0.3, 0.4) is 0 Å². The van der Waals surface area contributed by atoms with Crippen LogP contribution in [-0.2, 0) is 14.1 Å². The summed E-state index contributed by atoms with van der Waals surface area (Å²) in [6, 6.07) is 8.28. The SMILES string of the molecule is Cn1c(=O)c2cc(C(=O)Nc3ccccc3C(=O)N3CCCCC3)cnc2n(C)c1=O. The molecule has 1 fully saturated rings. The molecular weight excluding hydrogens is 398 g/mol. The summed E-state index contributed by atoms with van der Waals surface area (Å²) in [5.74, 6) is -0.611. The van der Waals surface area contributed by atoms with Crippen LogP contribution in [0.15, 0.2) is 46.1 Å². The maximum absolute atomic E-state index is 13.0. The first-order chi connectivity index (χ1) is 14.9. The van der Waals surface area contributed by atoms with Gasteiger partial charge in [0, 0.05) is 33.4 Å². The molecule has 4 rings (SSSR count). The Morgan fingerprint density at radius 2 is 1.71 bits per heavy atom. The van der Waals surface area contributed by atoms with Gasteiger partial charge in [-0.05, 0) is 37.5 Å². The summed E-state index contributed by atoms with van der Waals surface area (Å²) in [7, 11) is 2.89. The molecule has 0 spiro atoms. The third kappa shape index (κ3) is 3.74. The zero-order valence-electron chi connectivity index (χ0n) is 17.4. The van der Waals surface area contributed by atoms with E-state index in [0.717, 1.165) is 23.8 Å². The Bertz CT molecular complexity index is 1300. The minimum absolute atomic E-state index is 0.115. The van der Waals surface area contributed by atoms with Crippen molar-refractivity contribution in [2.24, 2.45) is 14.1 Å². The van der Waals surface area contributed by atoms with Crippen molar-refractivity contribution in [2.75, 3.05) is 18.4 Å². The Labute approximate surface area is 177 Å². The molecule has 9 heteroatoms. The molecule has 1 N–H and O–H groups in total. The monoisotopic (exact) mass is 421 g/mol. The van der Waals surface area contributed by atoms with Crippen LogP contribution in [0.5, 0.6) is 0 Å². The van der Waals surface area contributed by atoms with Gasteiger partial charge in [0.15, 0.2) is 0 Å². The number of nitrogens with one attached hydrogen (secondary N) is 1. The molecule has 31 heavy (non-hydrogen) atoms. The number of likely N-dealkylation sites (tertiary alicyclic amines) is 1. The van der Waals surface area contributed by atoms with Crippen molar-refractivity contribution in [3.8, 4) is 0 Å². The van der Waals surface area contributed by atoms with Gasteiger partial charge < -0.3 is 10.2 Å². The molecular formula is C22H23N5O4. The molecule has 1 aromatic carbocycles. The largest absolute Gasteiger partial charge is 0.339 e. The number of benzene rings is 1. The van der Waals surface area contributed by atoms with Gasteiger partial charge >= 0.3 is 5.69 Å². The molecule has 9 nitrogen and oxygen atoms in total. The van der Waals surface area contributed by atoms with Crippen LogP contribution in [0.4, 0.5) is 5.69 Å². The van der Waals surface area contributed by atoms with Gasteiger partial charge in [-0.2, -0.15) is 0 Å². The van der Waals surface area contributed by atoms with Gasteiger partial charge in [-0.3, -0.25) is 23.5 Å². The lowest BCUT2D eigenvalue weighted by molar-refractivity contribution is 0.0725. The number of amides is 2. The lowest BCUT2D eigenvalue weighted by Crippen LogP contribution is -2.37. The number of carbonyl (C=O) groups excluding carboxylic acids is 2. The molecule has 3 heterocycles. The van der Waals surface area contributed by atoms with Crippen LogP contribution >= 0.6 is 0 Å². The van der Waals surface area contributed by atoms with Crippen molar-refractivity contribution >= 4 is 28.5 Å².